The minimum absolute atomic E-state index is 0.0295. The number of hydrogen-bond donors (Lipinski definition) is 2. The number of rotatable bonds is 4. The van der Waals surface area contributed by atoms with E-state index in [1.54, 1.807) is 13.0 Å². The maximum atomic E-state index is 11.1. The van der Waals surface area contributed by atoms with E-state index in [9.17, 15) is 4.79 Å². The Morgan fingerprint density at radius 1 is 1.69 bits per heavy atom. The monoisotopic (exact) mass is 186 g/mol. The topological polar surface area (TPSA) is 66.8 Å². The molecule has 0 aromatic carbocycles. The number of carbonyl (C=O) groups excluding carboxylic acids is 1. The predicted octanol–water partition coefficient (Wildman–Crippen LogP) is 0.197. The first-order valence-electron chi connectivity index (χ1n) is 4.34. The summed E-state index contributed by atoms with van der Waals surface area (Å²) >= 11 is 0. The highest BCUT2D eigenvalue weighted by Crippen LogP contribution is 2.23. The van der Waals surface area contributed by atoms with Gasteiger partial charge in [-0.3, -0.25) is 4.79 Å². The SMILES string of the molecule is CC(O)CC1=CC(CCO)C(=O)O1. The zero-order valence-electron chi connectivity index (χ0n) is 7.56. The predicted molar refractivity (Wildman–Crippen MR) is 45.7 cm³/mol. The van der Waals surface area contributed by atoms with Gasteiger partial charge in [0.2, 0.25) is 0 Å². The summed E-state index contributed by atoms with van der Waals surface area (Å²) in [5.41, 5.74) is 0. The molecule has 0 radical (unpaired) electrons. The highest BCUT2D eigenvalue weighted by atomic mass is 16.5. The highest BCUT2D eigenvalue weighted by molar-refractivity contribution is 5.78. The van der Waals surface area contributed by atoms with E-state index in [0.29, 0.717) is 18.6 Å². The smallest absolute Gasteiger partial charge is 0.318 e. The van der Waals surface area contributed by atoms with Gasteiger partial charge in [-0.15, -0.1) is 0 Å². The van der Waals surface area contributed by atoms with Gasteiger partial charge in [0.25, 0.3) is 0 Å². The third-order valence-electron chi connectivity index (χ3n) is 1.86. The Balaban J connectivity index is 2.50. The summed E-state index contributed by atoms with van der Waals surface area (Å²) in [5, 5.41) is 17.7. The molecule has 13 heavy (non-hydrogen) atoms. The van der Waals surface area contributed by atoms with Crippen LogP contribution in [0.2, 0.25) is 0 Å². The summed E-state index contributed by atoms with van der Waals surface area (Å²) in [6.45, 7) is 1.60. The minimum Gasteiger partial charge on any atom is -0.431 e. The molecule has 4 heteroatoms. The zero-order valence-corrected chi connectivity index (χ0v) is 7.56. The number of cyclic esters (lactones) is 1. The van der Waals surface area contributed by atoms with Crippen LogP contribution in [0.25, 0.3) is 0 Å². The molecule has 0 amide bonds. The number of esters is 1. The van der Waals surface area contributed by atoms with Crippen LogP contribution >= 0.6 is 0 Å². The Hall–Kier alpha value is -0.870. The van der Waals surface area contributed by atoms with E-state index in [1.807, 2.05) is 0 Å². The van der Waals surface area contributed by atoms with Crippen molar-refractivity contribution >= 4 is 5.97 Å². The van der Waals surface area contributed by atoms with Gasteiger partial charge < -0.3 is 14.9 Å². The van der Waals surface area contributed by atoms with Crippen molar-refractivity contribution in [1.29, 1.82) is 0 Å². The largest absolute Gasteiger partial charge is 0.431 e. The lowest BCUT2D eigenvalue weighted by Crippen LogP contribution is -2.10. The quantitative estimate of drug-likeness (QED) is 0.615. The van der Waals surface area contributed by atoms with Gasteiger partial charge in [0.15, 0.2) is 0 Å². The van der Waals surface area contributed by atoms with Crippen molar-refractivity contribution in [3.63, 3.8) is 0 Å². The molecule has 0 aromatic rings. The van der Waals surface area contributed by atoms with Gasteiger partial charge in [-0.1, -0.05) is 0 Å². The van der Waals surface area contributed by atoms with E-state index in [-0.39, 0.29) is 18.5 Å². The van der Waals surface area contributed by atoms with E-state index < -0.39 is 6.10 Å². The number of ether oxygens (including phenoxy) is 1. The Labute approximate surface area is 76.8 Å². The zero-order chi connectivity index (χ0) is 9.84. The van der Waals surface area contributed by atoms with Gasteiger partial charge in [-0.2, -0.15) is 0 Å². The number of hydrogen-bond acceptors (Lipinski definition) is 4. The second kappa shape index (κ2) is 4.39. The van der Waals surface area contributed by atoms with Crippen LogP contribution in [0.4, 0.5) is 0 Å². The Bertz CT molecular complexity index is 220. The van der Waals surface area contributed by atoms with Crippen LogP contribution in [0.15, 0.2) is 11.8 Å². The molecular weight excluding hydrogens is 172 g/mol. The number of aliphatic hydroxyl groups excluding tert-OH is 2. The molecule has 4 nitrogen and oxygen atoms in total. The van der Waals surface area contributed by atoms with E-state index >= 15 is 0 Å². The van der Waals surface area contributed by atoms with E-state index in [2.05, 4.69) is 0 Å². The van der Waals surface area contributed by atoms with Crippen molar-refractivity contribution in [2.24, 2.45) is 5.92 Å². The van der Waals surface area contributed by atoms with Gasteiger partial charge in [-0.25, -0.2) is 0 Å². The lowest BCUT2D eigenvalue weighted by atomic mass is 10.1. The third-order valence-corrected chi connectivity index (χ3v) is 1.86. The third kappa shape index (κ3) is 2.82. The average Bonchev–Trinajstić information content (AvgIpc) is 2.31. The van der Waals surface area contributed by atoms with Gasteiger partial charge >= 0.3 is 5.97 Å². The molecule has 0 bridgehead atoms. The van der Waals surface area contributed by atoms with Crippen molar-refractivity contribution in [3.8, 4) is 0 Å². The van der Waals surface area contributed by atoms with E-state index in [4.69, 9.17) is 14.9 Å². The molecule has 0 aromatic heterocycles. The maximum absolute atomic E-state index is 11.1. The van der Waals surface area contributed by atoms with Crippen LogP contribution in [0.3, 0.4) is 0 Å². The van der Waals surface area contributed by atoms with Crippen LogP contribution in [-0.2, 0) is 9.53 Å². The molecule has 1 aliphatic rings. The molecule has 0 saturated heterocycles. The van der Waals surface area contributed by atoms with Crippen LogP contribution in [0, 0.1) is 5.92 Å². The van der Waals surface area contributed by atoms with Crippen LogP contribution in [-0.4, -0.2) is 28.9 Å². The van der Waals surface area contributed by atoms with Crippen LogP contribution in [0.1, 0.15) is 19.8 Å². The molecule has 2 atom stereocenters. The average molecular weight is 186 g/mol. The molecule has 0 aliphatic carbocycles. The first kappa shape index (κ1) is 10.2. The molecule has 74 valence electrons. The molecular formula is C9H14O4. The molecule has 1 aliphatic heterocycles. The fraction of sp³-hybridized carbons (Fsp3) is 0.667. The molecule has 0 spiro atoms. The summed E-state index contributed by atoms with van der Waals surface area (Å²) in [7, 11) is 0. The summed E-state index contributed by atoms with van der Waals surface area (Å²) in [6, 6.07) is 0. The first-order valence-corrected chi connectivity index (χ1v) is 4.34. The second-order valence-corrected chi connectivity index (χ2v) is 3.23. The van der Waals surface area contributed by atoms with Crippen molar-refractivity contribution in [2.75, 3.05) is 6.61 Å². The van der Waals surface area contributed by atoms with E-state index in [0.717, 1.165) is 0 Å². The van der Waals surface area contributed by atoms with Gasteiger partial charge in [0.05, 0.1) is 12.0 Å². The van der Waals surface area contributed by atoms with E-state index in [1.165, 1.54) is 0 Å². The van der Waals surface area contributed by atoms with Crippen molar-refractivity contribution in [2.45, 2.75) is 25.9 Å². The summed E-state index contributed by atoms with van der Waals surface area (Å²) in [5.74, 6) is -0.151. The second-order valence-electron chi connectivity index (χ2n) is 3.23. The lowest BCUT2D eigenvalue weighted by Gasteiger charge is -2.03. The van der Waals surface area contributed by atoms with Crippen LogP contribution in [0.5, 0.6) is 0 Å². The highest BCUT2D eigenvalue weighted by Gasteiger charge is 2.26. The minimum atomic E-state index is -0.507. The standard InChI is InChI=1S/C9H14O4/c1-6(11)4-8-5-7(2-3-10)9(12)13-8/h5-7,10-11H,2-4H2,1H3. The van der Waals surface area contributed by atoms with Crippen molar-refractivity contribution < 1.29 is 19.7 Å². The summed E-state index contributed by atoms with van der Waals surface area (Å²) in [6.07, 6.45) is 1.91. The molecule has 0 fully saturated rings. The fourth-order valence-corrected chi connectivity index (χ4v) is 1.27. The first-order chi connectivity index (χ1) is 6.13. The molecule has 1 heterocycles. The van der Waals surface area contributed by atoms with Gasteiger partial charge in [0.1, 0.15) is 5.76 Å². The molecule has 1 rings (SSSR count). The maximum Gasteiger partial charge on any atom is 0.318 e. The summed E-state index contributed by atoms with van der Waals surface area (Å²) in [4.78, 5) is 11.1. The lowest BCUT2D eigenvalue weighted by molar-refractivity contribution is -0.140. The Kier molecular flexibility index (Phi) is 3.45. The molecule has 0 saturated carbocycles. The van der Waals surface area contributed by atoms with Crippen LogP contribution < -0.4 is 0 Å². The van der Waals surface area contributed by atoms with Gasteiger partial charge in [-0.05, 0) is 19.4 Å². The summed E-state index contributed by atoms with van der Waals surface area (Å²) < 4.78 is 4.89. The molecule has 2 unspecified atom stereocenters. The Morgan fingerprint density at radius 2 is 2.38 bits per heavy atom. The van der Waals surface area contributed by atoms with Crippen molar-refractivity contribution in [1.82, 2.24) is 0 Å². The number of aliphatic hydroxyl groups is 2. The Morgan fingerprint density at radius 3 is 2.92 bits per heavy atom. The van der Waals surface area contributed by atoms with Gasteiger partial charge in [0, 0.05) is 13.0 Å². The number of carbonyl (C=O) groups is 1. The normalized spacial score (nSPS) is 24.1. The fourth-order valence-electron chi connectivity index (χ4n) is 1.27. The van der Waals surface area contributed by atoms with Crippen molar-refractivity contribution in [3.05, 3.63) is 11.8 Å². The molecule has 2 N–H and O–H groups in total.